The van der Waals surface area contributed by atoms with Crippen LogP contribution in [-0.4, -0.2) is 0 Å². The first kappa shape index (κ1) is 10.7. The summed E-state index contributed by atoms with van der Waals surface area (Å²) in [4.78, 5) is 0. The average molecular weight is 237 g/mol. The minimum absolute atomic E-state index is 0.620. The van der Waals surface area contributed by atoms with Gasteiger partial charge in [-0.3, -0.25) is 0 Å². The summed E-state index contributed by atoms with van der Waals surface area (Å²) in [6.07, 6.45) is 0. The van der Waals surface area contributed by atoms with Gasteiger partial charge in [0.1, 0.15) is 0 Å². The number of rotatable bonds is 0. The number of nitriles is 1. The van der Waals surface area contributed by atoms with Crippen molar-refractivity contribution in [3.05, 3.63) is 47.0 Å². The van der Waals surface area contributed by atoms with E-state index in [1.807, 2.05) is 44.2 Å². The van der Waals surface area contributed by atoms with Gasteiger partial charge >= 0.3 is 0 Å². The van der Waals surface area contributed by atoms with Crippen LogP contribution in [0.25, 0.3) is 0 Å². The molecule has 3 rings (SSSR count). The molecular formula is C15H11NO2. The van der Waals surface area contributed by atoms with Gasteiger partial charge in [-0.25, -0.2) is 0 Å². The number of hydrogen-bond donors (Lipinski definition) is 0. The van der Waals surface area contributed by atoms with Gasteiger partial charge in [0.05, 0.1) is 11.6 Å². The van der Waals surface area contributed by atoms with Gasteiger partial charge in [0.25, 0.3) is 0 Å². The number of fused-ring (bicyclic) bond motifs is 2. The van der Waals surface area contributed by atoms with E-state index in [1.165, 1.54) is 0 Å². The Morgan fingerprint density at radius 2 is 1.61 bits per heavy atom. The van der Waals surface area contributed by atoms with Crippen molar-refractivity contribution in [2.45, 2.75) is 13.8 Å². The molecule has 1 heterocycles. The molecule has 3 nitrogen and oxygen atoms in total. The molecular weight excluding hydrogens is 226 g/mol. The first-order valence-corrected chi connectivity index (χ1v) is 5.69. The molecule has 0 saturated carbocycles. The fraction of sp³-hybridized carbons (Fsp3) is 0.133. The molecule has 0 unspecified atom stereocenters. The van der Waals surface area contributed by atoms with Gasteiger partial charge in [-0.1, -0.05) is 12.1 Å². The summed E-state index contributed by atoms with van der Waals surface area (Å²) in [6.45, 7) is 3.78. The SMILES string of the molecule is Cc1cc(C#N)c(C)c2c1Oc1ccccc1O2. The van der Waals surface area contributed by atoms with Crippen LogP contribution in [0.3, 0.4) is 0 Å². The molecule has 0 bridgehead atoms. The Labute approximate surface area is 105 Å². The van der Waals surface area contributed by atoms with Crippen molar-refractivity contribution in [2.75, 3.05) is 0 Å². The molecule has 0 fully saturated rings. The van der Waals surface area contributed by atoms with Crippen molar-refractivity contribution in [1.82, 2.24) is 0 Å². The maximum absolute atomic E-state index is 9.09. The van der Waals surface area contributed by atoms with E-state index in [2.05, 4.69) is 6.07 Å². The van der Waals surface area contributed by atoms with E-state index >= 15 is 0 Å². The highest BCUT2D eigenvalue weighted by Crippen LogP contribution is 2.48. The largest absolute Gasteiger partial charge is 0.449 e. The van der Waals surface area contributed by atoms with Crippen molar-refractivity contribution >= 4 is 0 Å². The molecule has 1 aliphatic rings. The van der Waals surface area contributed by atoms with Crippen molar-refractivity contribution in [1.29, 1.82) is 5.26 Å². The molecule has 0 amide bonds. The molecule has 1 aliphatic heterocycles. The Morgan fingerprint density at radius 1 is 1.00 bits per heavy atom. The number of hydrogen-bond acceptors (Lipinski definition) is 3. The average Bonchev–Trinajstić information content (AvgIpc) is 2.41. The van der Waals surface area contributed by atoms with Crippen molar-refractivity contribution in [2.24, 2.45) is 0 Å². The minimum atomic E-state index is 0.620. The highest BCUT2D eigenvalue weighted by molar-refractivity contribution is 5.63. The summed E-state index contributed by atoms with van der Waals surface area (Å²) < 4.78 is 11.7. The topological polar surface area (TPSA) is 42.2 Å². The van der Waals surface area contributed by atoms with E-state index in [0.29, 0.717) is 28.6 Å². The van der Waals surface area contributed by atoms with Gasteiger partial charge in [0, 0.05) is 5.56 Å². The molecule has 2 aromatic rings. The summed E-state index contributed by atoms with van der Waals surface area (Å²) in [7, 11) is 0. The third kappa shape index (κ3) is 1.43. The van der Waals surface area contributed by atoms with E-state index in [-0.39, 0.29) is 0 Å². The summed E-state index contributed by atoms with van der Waals surface area (Å²) in [6, 6.07) is 11.5. The van der Waals surface area contributed by atoms with Crippen LogP contribution in [0.1, 0.15) is 16.7 Å². The van der Waals surface area contributed by atoms with Crippen LogP contribution in [0.15, 0.2) is 30.3 Å². The lowest BCUT2D eigenvalue weighted by Crippen LogP contribution is -2.03. The Hall–Kier alpha value is -2.47. The smallest absolute Gasteiger partial charge is 0.174 e. The molecule has 18 heavy (non-hydrogen) atoms. The van der Waals surface area contributed by atoms with Crippen LogP contribution >= 0.6 is 0 Å². The Morgan fingerprint density at radius 3 is 2.22 bits per heavy atom. The monoisotopic (exact) mass is 237 g/mol. The van der Waals surface area contributed by atoms with Crippen LogP contribution in [0.2, 0.25) is 0 Å². The maximum Gasteiger partial charge on any atom is 0.174 e. The number of para-hydroxylation sites is 2. The molecule has 0 N–H and O–H groups in total. The zero-order chi connectivity index (χ0) is 12.7. The molecule has 3 heteroatoms. The Kier molecular flexibility index (Phi) is 2.24. The lowest BCUT2D eigenvalue weighted by Gasteiger charge is -2.23. The Bertz CT molecular complexity index is 684. The van der Waals surface area contributed by atoms with Crippen LogP contribution in [-0.2, 0) is 0 Å². The minimum Gasteiger partial charge on any atom is -0.449 e. The molecule has 0 aliphatic carbocycles. The van der Waals surface area contributed by atoms with Crippen molar-refractivity contribution in [3.63, 3.8) is 0 Å². The first-order chi connectivity index (χ1) is 8.70. The predicted octanol–water partition coefficient (Wildman–Crippen LogP) is 4.07. The number of aryl methyl sites for hydroxylation is 1. The molecule has 0 atom stereocenters. The molecule has 0 saturated heterocycles. The quantitative estimate of drug-likeness (QED) is 0.591. The third-order valence-corrected chi connectivity index (χ3v) is 3.06. The van der Waals surface area contributed by atoms with E-state index in [9.17, 15) is 0 Å². The van der Waals surface area contributed by atoms with Gasteiger partial charge in [-0.05, 0) is 37.6 Å². The summed E-state index contributed by atoms with van der Waals surface area (Å²) >= 11 is 0. The van der Waals surface area contributed by atoms with Crippen molar-refractivity contribution < 1.29 is 9.47 Å². The lowest BCUT2D eigenvalue weighted by molar-refractivity contribution is 0.355. The normalized spacial score (nSPS) is 11.6. The lowest BCUT2D eigenvalue weighted by atomic mass is 10.0. The van der Waals surface area contributed by atoms with Crippen LogP contribution in [0.5, 0.6) is 23.0 Å². The van der Waals surface area contributed by atoms with E-state index in [4.69, 9.17) is 14.7 Å². The zero-order valence-electron chi connectivity index (χ0n) is 10.2. The van der Waals surface area contributed by atoms with Crippen LogP contribution in [0.4, 0.5) is 0 Å². The van der Waals surface area contributed by atoms with Gasteiger partial charge < -0.3 is 9.47 Å². The second kappa shape index (κ2) is 3.78. The van der Waals surface area contributed by atoms with Crippen LogP contribution < -0.4 is 9.47 Å². The molecule has 0 spiro atoms. The fourth-order valence-corrected chi connectivity index (χ4v) is 2.07. The Balaban J connectivity index is 2.22. The van der Waals surface area contributed by atoms with Gasteiger partial charge in [0.15, 0.2) is 23.0 Å². The highest BCUT2D eigenvalue weighted by atomic mass is 16.6. The second-order valence-electron chi connectivity index (χ2n) is 4.29. The third-order valence-electron chi connectivity index (χ3n) is 3.06. The molecule has 0 aromatic heterocycles. The van der Waals surface area contributed by atoms with E-state index in [1.54, 1.807) is 0 Å². The van der Waals surface area contributed by atoms with Gasteiger partial charge in [-0.15, -0.1) is 0 Å². The molecule has 88 valence electrons. The summed E-state index contributed by atoms with van der Waals surface area (Å²) in [5.41, 5.74) is 2.34. The zero-order valence-corrected chi connectivity index (χ0v) is 10.2. The highest BCUT2D eigenvalue weighted by Gasteiger charge is 2.23. The summed E-state index contributed by atoms with van der Waals surface area (Å²) in [5, 5.41) is 9.09. The fourth-order valence-electron chi connectivity index (χ4n) is 2.07. The van der Waals surface area contributed by atoms with E-state index in [0.717, 1.165) is 11.1 Å². The number of ether oxygens (including phenoxy) is 2. The van der Waals surface area contributed by atoms with Crippen molar-refractivity contribution in [3.8, 4) is 29.1 Å². The predicted molar refractivity (Wildman–Crippen MR) is 67.2 cm³/mol. The van der Waals surface area contributed by atoms with Gasteiger partial charge in [0.2, 0.25) is 0 Å². The number of nitrogens with zero attached hydrogens (tertiary/aromatic N) is 1. The maximum atomic E-state index is 9.09. The van der Waals surface area contributed by atoms with Gasteiger partial charge in [-0.2, -0.15) is 5.26 Å². The second-order valence-corrected chi connectivity index (χ2v) is 4.29. The molecule has 0 radical (unpaired) electrons. The van der Waals surface area contributed by atoms with Crippen LogP contribution in [0, 0.1) is 25.2 Å². The number of benzene rings is 2. The molecule has 2 aromatic carbocycles. The summed E-state index contributed by atoms with van der Waals surface area (Å²) in [5.74, 6) is 2.73. The standard InChI is InChI=1S/C15H11NO2/c1-9-7-11(8-16)10(2)15-14(9)17-12-5-3-4-6-13(12)18-15/h3-7H,1-2H3. The van der Waals surface area contributed by atoms with E-state index < -0.39 is 0 Å². The first-order valence-electron chi connectivity index (χ1n) is 5.69.